The van der Waals surface area contributed by atoms with Gasteiger partial charge in [-0.15, -0.1) is 0 Å². The van der Waals surface area contributed by atoms with Gasteiger partial charge in [0.1, 0.15) is 0 Å². The molecule has 0 aromatic heterocycles. The molecule has 0 bridgehead atoms. The van der Waals surface area contributed by atoms with E-state index in [2.05, 4.69) is 0 Å². The summed E-state index contributed by atoms with van der Waals surface area (Å²) < 4.78 is 5.32. The van der Waals surface area contributed by atoms with Crippen molar-refractivity contribution in [2.45, 2.75) is 25.7 Å². The molecule has 1 aromatic rings. The van der Waals surface area contributed by atoms with Crippen LogP contribution in [0.5, 0.6) is 5.75 Å². The molecule has 1 fully saturated rings. The lowest BCUT2D eigenvalue weighted by Gasteiger charge is -2.20. The molecular weight excluding hydrogens is 296 g/mol. The van der Waals surface area contributed by atoms with Gasteiger partial charge in [-0.25, -0.2) is 0 Å². The fourth-order valence-electron chi connectivity index (χ4n) is 2.31. The molecule has 6 nitrogen and oxygen atoms in total. The number of nitrogens with zero attached hydrogens (tertiary/aromatic N) is 2. The van der Waals surface area contributed by atoms with E-state index in [1.54, 1.807) is 4.90 Å². The van der Waals surface area contributed by atoms with Crippen LogP contribution in [-0.2, 0) is 4.79 Å². The maximum Gasteiger partial charge on any atom is 0.311 e. The predicted octanol–water partition coefficient (Wildman–Crippen LogP) is 3.03. The zero-order valence-electron chi connectivity index (χ0n) is 11.6. The number of amides is 1. The second kappa shape index (κ2) is 7.26. The molecule has 114 valence electrons. The van der Waals surface area contributed by atoms with Gasteiger partial charge in [0.25, 0.3) is 5.91 Å². The molecule has 1 amide bonds. The molecule has 1 aliphatic rings. The highest BCUT2D eigenvalue weighted by atomic mass is 35.5. The molecule has 0 aliphatic carbocycles. The van der Waals surface area contributed by atoms with Crippen molar-refractivity contribution in [1.82, 2.24) is 4.90 Å². The number of nitro benzene ring substituents is 1. The van der Waals surface area contributed by atoms with Crippen LogP contribution in [0.25, 0.3) is 0 Å². The summed E-state index contributed by atoms with van der Waals surface area (Å²) in [4.78, 5) is 24.2. The highest BCUT2D eigenvalue weighted by molar-refractivity contribution is 6.30. The van der Waals surface area contributed by atoms with E-state index < -0.39 is 4.92 Å². The minimum absolute atomic E-state index is 0.0238. The third-order valence-corrected chi connectivity index (χ3v) is 3.66. The fourth-order valence-corrected chi connectivity index (χ4v) is 2.47. The van der Waals surface area contributed by atoms with Crippen molar-refractivity contribution in [2.75, 3.05) is 19.7 Å². The first-order valence-electron chi connectivity index (χ1n) is 6.92. The molecule has 1 saturated heterocycles. The van der Waals surface area contributed by atoms with E-state index in [4.69, 9.17) is 16.3 Å². The lowest BCUT2D eigenvalue weighted by Crippen LogP contribution is -2.35. The second-order valence-electron chi connectivity index (χ2n) is 4.95. The van der Waals surface area contributed by atoms with Gasteiger partial charge in [0.2, 0.25) is 0 Å². The summed E-state index contributed by atoms with van der Waals surface area (Å²) in [6, 6.07) is 4.05. The van der Waals surface area contributed by atoms with Gasteiger partial charge >= 0.3 is 5.69 Å². The molecule has 7 heteroatoms. The average Bonchev–Trinajstić information content (AvgIpc) is 2.73. The molecule has 0 spiro atoms. The van der Waals surface area contributed by atoms with Gasteiger partial charge < -0.3 is 9.64 Å². The van der Waals surface area contributed by atoms with Crippen LogP contribution in [0.1, 0.15) is 25.7 Å². The highest BCUT2D eigenvalue weighted by Crippen LogP contribution is 2.29. The highest BCUT2D eigenvalue weighted by Gasteiger charge is 2.19. The van der Waals surface area contributed by atoms with Gasteiger partial charge in [0, 0.05) is 30.2 Å². The number of halogens is 1. The fraction of sp³-hybridized carbons (Fsp3) is 0.500. The third-order valence-electron chi connectivity index (χ3n) is 3.43. The summed E-state index contributed by atoms with van der Waals surface area (Å²) >= 11 is 5.81. The average molecular weight is 313 g/mol. The zero-order valence-corrected chi connectivity index (χ0v) is 12.3. The van der Waals surface area contributed by atoms with Crippen molar-refractivity contribution in [3.8, 4) is 5.75 Å². The Kier molecular flexibility index (Phi) is 5.38. The summed E-state index contributed by atoms with van der Waals surface area (Å²) in [5, 5.41) is 11.2. The molecule has 0 N–H and O–H groups in total. The number of hydrogen-bond acceptors (Lipinski definition) is 4. The van der Waals surface area contributed by atoms with Gasteiger partial charge in [-0.3, -0.25) is 14.9 Å². The van der Waals surface area contributed by atoms with Crippen LogP contribution in [0.15, 0.2) is 18.2 Å². The molecule has 21 heavy (non-hydrogen) atoms. The van der Waals surface area contributed by atoms with Crippen LogP contribution in [0, 0.1) is 10.1 Å². The zero-order chi connectivity index (χ0) is 15.2. The van der Waals surface area contributed by atoms with E-state index in [0.717, 1.165) is 38.8 Å². The number of carbonyl (C=O) groups excluding carboxylic acids is 1. The Hall–Kier alpha value is -1.82. The maximum absolute atomic E-state index is 12.1. The van der Waals surface area contributed by atoms with E-state index in [9.17, 15) is 14.9 Å². The molecule has 2 rings (SSSR count). The molecule has 0 radical (unpaired) electrons. The van der Waals surface area contributed by atoms with E-state index in [-0.39, 0.29) is 24.0 Å². The normalized spacial score (nSPS) is 15.4. The van der Waals surface area contributed by atoms with Crippen LogP contribution >= 0.6 is 11.6 Å². The monoisotopic (exact) mass is 312 g/mol. The summed E-state index contributed by atoms with van der Waals surface area (Å²) in [7, 11) is 0. The van der Waals surface area contributed by atoms with E-state index in [1.807, 2.05) is 0 Å². The van der Waals surface area contributed by atoms with Crippen LogP contribution in [-0.4, -0.2) is 35.4 Å². The second-order valence-corrected chi connectivity index (χ2v) is 5.39. The van der Waals surface area contributed by atoms with Crippen LogP contribution < -0.4 is 4.74 Å². The largest absolute Gasteiger partial charge is 0.477 e. The van der Waals surface area contributed by atoms with Gasteiger partial charge in [0.05, 0.1) is 4.92 Å². The van der Waals surface area contributed by atoms with Crippen molar-refractivity contribution < 1.29 is 14.5 Å². The van der Waals surface area contributed by atoms with Crippen molar-refractivity contribution in [3.05, 3.63) is 33.3 Å². The Bertz CT molecular complexity index is 528. The molecule has 1 aliphatic heterocycles. The summed E-state index contributed by atoms with van der Waals surface area (Å²) in [6.07, 6.45) is 4.24. The minimum Gasteiger partial charge on any atom is -0.477 e. The number of benzene rings is 1. The SMILES string of the molecule is O=C(COc1cc(Cl)ccc1[N+](=O)[O-])N1CCCCCC1. The van der Waals surface area contributed by atoms with E-state index in [1.165, 1.54) is 18.2 Å². The van der Waals surface area contributed by atoms with Gasteiger partial charge in [0.15, 0.2) is 12.4 Å². The Balaban J connectivity index is 2.00. The Morgan fingerprint density at radius 3 is 2.57 bits per heavy atom. The Labute approximate surface area is 127 Å². The van der Waals surface area contributed by atoms with Crippen molar-refractivity contribution in [3.63, 3.8) is 0 Å². The van der Waals surface area contributed by atoms with E-state index in [0.29, 0.717) is 5.02 Å². The predicted molar refractivity (Wildman–Crippen MR) is 78.6 cm³/mol. The standard InChI is InChI=1S/C14H17ClN2O4/c15-11-5-6-12(17(19)20)13(9-11)21-10-14(18)16-7-3-1-2-4-8-16/h5-6,9H,1-4,7-8,10H2. The number of carbonyl (C=O) groups is 1. The Morgan fingerprint density at radius 1 is 1.29 bits per heavy atom. The van der Waals surface area contributed by atoms with Crippen LogP contribution in [0.4, 0.5) is 5.69 Å². The molecule has 0 atom stereocenters. The maximum atomic E-state index is 12.1. The van der Waals surface area contributed by atoms with Crippen LogP contribution in [0.2, 0.25) is 5.02 Å². The first-order chi connectivity index (χ1) is 10.1. The number of likely N-dealkylation sites (tertiary alicyclic amines) is 1. The van der Waals surface area contributed by atoms with Crippen molar-refractivity contribution >= 4 is 23.2 Å². The molecule has 1 aromatic carbocycles. The summed E-state index contributed by atoms with van der Waals surface area (Å²) in [6.45, 7) is 1.24. The molecular formula is C14H17ClN2O4. The number of hydrogen-bond donors (Lipinski definition) is 0. The number of ether oxygens (including phenoxy) is 1. The number of rotatable bonds is 4. The van der Waals surface area contributed by atoms with Crippen LogP contribution in [0.3, 0.4) is 0 Å². The topological polar surface area (TPSA) is 72.7 Å². The van der Waals surface area contributed by atoms with Gasteiger partial charge in [-0.1, -0.05) is 24.4 Å². The third kappa shape index (κ3) is 4.32. The smallest absolute Gasteiger partial charge is 0.311 e. The van der Waals surface area contributed by atoms with Gasteiger partial charge in [-0.2, -0.15) is 0 Å². The summed E-state index contributed by atoms with van der Waals surface area (Å²) in [5.74, 6) is -0.123. The number of nitro groups is 1. The first-order valence-corrected chi connectivity index (χ1v) is 7.30. The molecule has 0 unspecified atom stereocenters. The van der Waals surface area contributed by atoms with Crippen molar-refractivity contribution in [1.29, 1.82) is 0 Å². The molecule has 0 saturated carbocycles. The molecule has 1 heterocycles. The van der Waals surface area contributed by atoms with Gasteiger partial charge in [-0.05, 0) is 18.9 Å². The first kappa shape index (κ1) is 15.6. The lowest BCUT2D eigenvalue weighted by molar-refractivity contribution is -0.385. The van der Waals surface area contributed by atoms with Crippen molar-refractivity contribution in [2.24, 2.45) is 0 Å². The minimum atomic E-state index is -0.553. The quantitative estimate of drug-likeness (QED) is 0.632. The Morgan fingerprint density at radius 2 is 1.95 bits per heavy atom. The van der Waals surface area contributed by atoms with E-state index >= 15 is 0 Å². The lowest BCUT2D eigenvalue weighted by atomic mass is 10.2. The summed E-state index contributed by atoms with van der Waals surface area (Å²) in [5.41, 5.74) is -0.192.